The van der Waals surface area contributed by atoms with Crippen molar-refractivity contribution >= 4 is 5.78 Å². The molecule has 0 bridgehead atoms. The SMILES string of the molecule is CC(=O)CN1CCO[C@H](CO)C1. The van der Waals surface area contributed by atoms with Crippen molar-refractivity contribution in [1.29, 1.82) is 0 Å². The summed E-state index contributed by atoms with van der Waals surface area (Å²) in [6.45, 7) is 4.14. The fourth-order valence-electron chi connectivity index (χ4n) is 1.35. The van der Waals surface area contributed by atoms with Crippen LogP contribution in [0.15, 0.2) is 0 Å². The minimum Gasteiger partial charge on any atom is -0.394 e. The molecule has 1 rings (SSSR count). The van der Waals surface area contributed by atoms with Gasteiger partial charge in [0.25, 0.3) is 0 Å². The number of aliphatic hydroxyl groups excluding tert-OH is 1. The third-order valence-electron chi connectivity index (χ3n) is 1.87. The van der Waals surface area contributed by atoms with Gasteiger partial charge in [-0.25, -0.2) is 0 Å². The molecule has 12 heavy (non-hydrogen) atoms. The molecule has 1 N–H and O–H groups in total. The third-order valence-corrected chi connectivity index (χ3v) is 1.87. The highest BCUT2D eigenvalue weighted by molar-refractivity contribution is 5.77. The molecule has 0 aromatic heterocycles. The summed E-state index contributed by atoms with van der Waals surface area (Å²) >= 11 is 0. The van der Waals surface area contributed by atoms with E-state index in [1.54, 1.807) is 6.92 Å². The molecule has 1 atom stereocenters. The Morgan fingerprint density at radius 2 is 2.50 bits per heavy atom. The van der Waals surface area contributed by atoms with Gasteiger partial charge in [0.1, 0.15) is 5.78 Å². The fraction of sp³-hybridized carbons (Fsp3) is 0.875. The predicted molar refractivity (Wildman–Crippen MR) is 43.9 cm³/mol. The second-order valence-corrected chi connectivity index (χ2v) is 3.11. The van der Waals surface area contributed by atoms with Gasteiger partial charge in [0.15, 0.2) is 0 Å². The van der Waals surface area contributed by atoms with Crippen molar-refractivity contribution in [2.45, 2.75) is 13.0 Å². The lowest BCUT2D eigenvalue weighted by Gasteiger charge is -2.31. The number of carbonyl (C=O) groups excluding carboxylic acids is 1. The van der Waals surface area contributed by atoms with E-state index in [4.69, 9.17) is 9.84 Å². The van der Waals surface area contributed by atoms with Gasteiger partial charge >= 0.3 is 0 Å². The molecule has 1 heterocycles. The van der Waals surface area contributed by atoms with Crippen molar-refractivity contribution in [3.05, 3.63) is 0 Å². The smallest absolute Gasteiger partial charge is 0.143 e. The number of morpholine rings is 1. The minimum absolute atomic E-state index is 0.0361. The largest absolute Gasteiger partial charge is 0.394 e. The van der Waals surface area contributed by atoms with E-state index < -0.39 is 0 Å². The van der Waals surface area contributed by atoms with E-state index in [9.17, 15) is 4.79 Å². The molecule has 1 saturated heterocycles. The van der Waals surface area contributed by atoms with E-state index >= 15 is 0 Å². The normalized spacial score (nSPS) is 25.7. The summed E-state index contributed by atoms with van der Waals surface area (Å²) in [5, 5.41) is 8.81. The zero-order valence-electron chi connectivity index (χ0n) is 7.32. The van der Waals surface area contributed by atoms with E-state index in [1.165, 1.54) is 0 Å². The van der Waals surface area contributed by atoms with Gasteiger partial charge in [0, 0.05) is 13.1 Å². The molecule has 0 radical (unpaired) electrons. The van der Waals surface area contributed by atoms with Gasteiger partial charge in [0.05, 0.1) is 25.9 Å². The summed E-state index contributed by atoms with van der Waals surface area (Å²) in [4.78, 5) is 12.8. The van der Waals surface area contributed by atoms with Crippen molar-refractivity contribution in [3.8, 4) is 0 Å². The number of hydrogen-bond donors (Lipinski definition) is 1. The lowest BCUT2D eigenvalue weighted by molar-refractivity contribution is -0.120. The Kier molecular flexibility index (Phi) is 3.65. The maximum atomic E-state index is 10.8. The molecule has 0 aromatic rings. The number of Topliss-reactive ketones (excluding diaryl/α,β-unsaturated/α-hetero) is 1. The number of aliphatic hydroxyl groups is 1. The molecule has 1 aliphatic rings. The third kappa shape index (κ3) is 2.89. The van der Waals surface area contributed by atoms with Crippen LogP contribution in [-0.4, -0.2) is 54.7 Å². The molecule has 1 fully saturated rings. The molecule has 0 unspecified atom stereocenters. The molecule has 0 aliphatic carbocycles. The first-order valence-electron chi connectivity index (χ1n) is 4.16. The standard InChI is InChI=1S/C8H15NO3/c1-7(11)4-9-2-3-12-8(5-9)6-10/h8,10H,2-6H2,1H3/t8-/m0/s1. The lowest BCUT2D eigenvalue weighted by Crippen LogP contribution is -2.45. The molecule has 0 spiro atoms. The number of nitrogens with zero attached hydrogens (tertiary/aromatic N) is 1. The van der Waals surface area contributed by atoms with Crippen LogP contribution < -0.4 is 0 Å². The van der Waals surface area contributed by atoms with Crippen LogP contribution in [0, 0.1) is 0 Å². The first-order chi connectivity index (χ1) is 5.72. The van der Waals surface area contributed by atoms with E-state index in [-0.39, 0.29) is 18.5 Å². The van der Waals surface area contributed by atoms with E-state index in [0.29, 0.717) is 19.7 Å². The summed E-state index contributed by atoms with van der Waals surface area (Å²) in [6, 6.07) is 0. The summed E-state index contributed by atoms with van der Waals surface area (Å²) < 4.78 is 5.24. The zero-order valence-corrected chi connectivity index (χ0v) is 7.32. The van der Waals surface area contributed by atoms with Gasteiger partial charge in [-0.3, -0.25) is 9.69 Å². The van der Waals surface area contributed by atoms with Crippen molar-refractivity contribution < 1.29 is 14.6 Å². The second kappa shape index (κ2) is 4.54. The van der Waals surface area contributed by atoms with Crippen LogP contribution in [0.25, 0.3) is 0 Å². The van der Waals surface area contributed by atoms with Gasteiger partial charge in [-0.05, 0) is 6.92 Å². The van der Waals surface area contributed by atoms with Crippen LogP contribution in [0.1, 0.15) is 6.92 Å². The van der Waals surface area contributed by atoms with Gasteiger partial charge in [0.2, 0.25) is 0 Å². The van der Waals surface area contributed by atoms with Crippen molar-refractivity contribution in [3.63, 3.8) is 0 Å². The van der Waals surface area contributed by atoms with Crippen LogP contribution in [0.4, 0.5) is 0 Å². The second-order valence-electron chi connectivity index (χ2n) is 3.11. The van der Waals surface area contributed by atoms with E-state index in [0.717, 1.165) is 6.54 Å². The Bertz CT molecular complexity index is 160. The Hall–Kier alpha value is -0.450. The van der Waals surface area contributed by atoms with Gasteiger partial charge in [-0.15, -0.1) is 0 Å². The first kappa shape index (κ1) is 9.64. The average Bonchev–Trinajstić information content (AvgIpc) is 2.03. The molecule has 0 amide bonds. The summed E-state index contributed by atoms with van der Waals surface area (Å²) in [7, 11) is 0. The zero-order chi connectivity index (χ0) is 8.97. The Morgan fingerprint density at radius 1 is 1.75 bits per heavy atom. The minimum atomic E-state index is -0.113. The number of hydrogen-bond acceptors (Lipinski definition) is 4. The van der Waals surface area contributed by atoms with Crippen molar-refractivity contribution in [2.75, 3.05) is 32.8 Å². The van der Waals surface area contributed by atoms with Crippen LogP contribution in [0.3, 0.4) is 0 Å². The van der Waals surface area contributed by atoms with Crippen molar-refractivity contribution in [2.24, 2.45) is 0 Å². The Labute approximate surface area is 72.1 Å². The quantitative estimate of drug-likeness (QED) is 0.611. The Balaban J connectivity index is 2.30. The molecular formula is C8H15NO3. The van der Waals surface area contributed by atoms with Gasteiger partial charge in [-0.1, -0.05) is 0 Å². The predicted octanol–water partition coefficient (Wildman–Crippen LogP) is -0.732. The number of carbonyl (C=O) groups is 1. The molecule has 70 valence electrons. The number of ether oxygens (including phenoxy) is 1. The molecule has 0 aromatic carbocycles. The fourth-order valence-corrected chi connectivity index (χ4v) is 1.35. The molecule has 4 nitrogen and oxygen atoms in total. The van der Waals surface area contributed by atoms with Crippen LogP contribution in [0.5, 0.6) is 0 Å². The molecular weight excluding hydrogens is 158 g/mol. The molecule has 0 saturated carbocycles. The van der Waals surface area contributed by atoms with E-state index in [2.05, 4.69) is 0 Å². The maximum absolute atomic E-state index is 10.8. The average molecular weight is 173 g/mol. The maximum Gasteiger partial charge on any atom is 0.143 e. The number of ketones is 1. The van der Waals surface area contributed by atoms with E-state index in [1.807, 2.05) is 4.90 Å². The highest BCUT2D eigenvalue weighted by atomic mass is 16.5. The summed E-state index contributed by atoms with van der Waals surface area (Å²) in [6.07, 6.45) is -0.113. The topological polar surface area (TPSA) is 49.8 Å². The highest BCUT2D eigenvalue weighted by Crippen LogP contribution is 2.03. The molecule has 4 heteroatoms. The highest BCUT2D eigenvalue weighted by Gasteiger charge is 2.19. The molecule has 1 aliphatic heterocycles. The summed E-state index contributed by atoms with van der Waals surface area (Å²) in [5.41, 5.74) is 0. The lowest BCUT2D eigenvalue weighted by atomic mass is 10.2. The van der Waals surface area contributed by atoms with Gasteiger partial charge < -0.3 is 9.84 Å². The summed E-state index contributed by atoms with van der Waals surface area (Å²) in [5.74, 6) is 0.161. The van der Waals surface area contributed by atoms with Crippen LogP contribution in [0.2, 0.25) is 0 Å². The monoisotopic (exact) mass is 173 g/mol. The van der Waals surface area contributed by atoms with Crippen LogP contribution >= 0.6 is 0 Å². The number of rotatable bonds is 3. The van der Waals surface area contributed by atoms with Gasteiger partial charge in [-0.2, -0.15) is 0 Å². The Morgan fingerprint density at radius 3 is 3.08 bits per heavy atom. The van der Waals surface area contributed by atoms with Crippen LogP contribution in [-0.2, 0) is 9.53 Å². The van der Waals surface area contributed by atoms with Crippen molar-refractivity contribution in [1.82, 2.24) is 4.90 Å². The first-order valence-corrected chi connectivity index (χ1v) is 4.16.